The SMILES string of the molecule is CCC(C)N(C(C)CC)S(=O)(=O)c1cc[c]cc1. The van der Waals surface area contributed by atoms with E-state index in [9.17, 15) is 8.42 Å². The Morgan fingerprint density at radius 1 is 1.11 bits per heavy atom. The molecule has 0 aliphatic heterocycles. The first-order valence-corrected chi connectivity index (χ1v) is 7.88. The molecule has 0 spiro atoms. The summed E-state index contributed by atoms with van der Waals surface area (Å²) in [5.74, 6) is 0. The smallest absolute Gasteiger partial charge is 0.207 e. The van der Waals surface area contributed by atoms with Gasteiger partial charge in [-0.15, -0.1) is 0 Å². The normalized spacial score (nSPS) is 15.6. The number of benzene rings is 1. The van der Waals surface area contributed by atoms with Crippen LogP contribution in [0, 0.1) is 6.07 Å². The Kier molecular flexibility index (Phi) is 5.35. The van der Waals surface area contributed by atoms with Crippen molar-refractivity contribution in [1.82, 2.24) is 4.31 Å². The molecule has 1 aromatic rings. The second kappa shape index (κ2) is 6.34. The summed E-state index contributed by atoms with van der Waals surface area (Å²) in [4.78, 5) is 0.349. The Labute approximate surface area is 111 Å². The van der Waals surface area contributed by atoms with Crippen LogP contribution < -0.4 is 0 Å². The van der Waals surface area contributed by atoms with Crippen molar-refractivity contribution < 1.29 is 8.42 Å². The van der Waals surface area contributed by atoms with E-state index in [0.29, 0.717) is 4.90 Å². The third-order valence-corrected chi connectivity index (χ3v) is 5.46. The fourth-order valence-electron chi connectivity index (χ4n) is 1.93. The monoisotopic (exact) mass is 268 g/mol. The minimum absolute atomic E-state index is 0.00846. The zero-order valence-electron chi connectivity index (χ0n) is 11.6. The van der Waals surface area contributed by atoms with Crippen molar-refractivity contribution in [1.29, 1.82) is 0 Å². The Hall–Kier alpha value is -0.870. The van der Waals surface area contributed by atoms with Gasteiger partial charge in [0.1, 0.15) is 0 Å². The lowest BCUT2D eigenvalue weighted by Crippen LogP contribution is -2.44. The third-order valence-electron chi connectivity index (χ3n) is 3.31. The van der Waals surface area contributed by atoms with Gasteiger partial charge in [-0.3, -0.25) is 0 Å². The number of hydrogen-bond donors (Lipinski definition) is 0. The number of hydrogen-bond acceptors (Lipinski definition) is 2. The molecule has 2 unspecified atom stereocenters. The summed E-state index contributed by atoms with van der Waals surface area (Å²) in [6.45, 7) is 7.93. The molecule has 1 aromatic carbocycles. The zero-order valence-corrected chi connectivity index (χ0v) is 12.4. The van der Waals surface area contributed by atoms with Gasteiger partial charge in [0.2, 0.25) is 10.0 Å². The Morgan fingerprint density at radius 3 is 1.94 bits per heavy atom. The fourth-order valence-corrected chi connectivity index (χ4v) is 3.90. The van der Waals surface area contributed by atoms with Crippen molar-refractivity contribution in [3.8, 4) is 0 Å². The van der Waals surface area contributed by atoms with Crippen LogP contribution in [0.2, 0.25) is 0 Å². The molecule has 0 N–H and O–H groups in total. The van der Waals surface area contributed by atoms with Gasteiger partial charge in [-0.25, -0.2) is 8.42 Å². The summed E-state index contributed by atoms with van der Waals surface area (Å²) < 4.78 is 26.9. The molecule has 2 atom stereocenters. The fraction of sp³-hybridized carbons (Fsp3) is 0.571. The van der Waals surface area contributed by atoms with E-state index < -0.39 is 10.0 Å². The first kappa shape index (κ1) is 15.2. The van der Waals surface area contributed by atoms with Crippen molar-refractivity contribution in [2.24, 2.45) is 0 Å². The van der Waals surface area contributed by atoms with Gasteiger partial charge in [-0.2, -0.15) is 4.31 Å². The van der Waals surface area contributed by atoms with Crippen LogP contribution in [0.3, 0.4) is 0 Å². The van der Waals surface area contributed by atoms with Gasteiger partial charge < -0.3 is 0 Å². The minimum atomic E-state index is -3.41. The average Bonchev–Trinajstić information content (AvgIpc) is 2.39. The van der Waals surface area contributed by atoms with E-state index >= 15 is 0 Å². The molecule has 0 aliphatic carbocycles. The van der Waals surface area contributed by atoms with Gasteiger partial charge in [0.25, 0.3) is 0 Å². The molecule has 0 heterocycles. The minimum Gasteiger partial charge on any atom is -0.207 e. The largest absolute Gasteiger partial charge is 0.243 e. The van der Waals surface area contributed by atoms with Crippen LogP contribution in [0.5, 0.6) is 0 Å². The van der Waals surface area contributed by atoms with Crippen LogP contribution in [-0.2, 0) is 10.0 Å². The summed E-state index contributed by atoms with van der Waals surface area (Å²) in [7, 11) is -3.41. The molecular weight excluding hydrogens is 246 g/mol. The Morgan fingerprint density at radius 2 is 1.56 bits per heavy atom. The van der Waals surface area contributed by atoms with Crippen molar-refractivity contribution in [2.45, 2.75) is 57.5 Å². The van der Waals surface area contributed by atoms with Crippen molar-refractivity contribution in [3.63, 3.8) is 0 Å². The van der Waals surface area contributed by atoms with Crippen molar-refractivity contribution >= 4 is 10.0 Å². The maximum absolute atomic E-state index is 12.6. The first-order chi connectivity index (χ1) is 8.45. The van der Waals surface area contributed by atoms with Crippen molar-refractivity contribution in [3.05, 3.63) is 30.3 Å². The van der Waals surface area contributed by atoms with E-state index in [0.717, 1.165) is 12.8 Å². The molecule has 0 saturated carbocycles. The predicted octanol–water partition coefficient (Wildman–Crippen LogP) is 3.07. The molecule has 0 aliphatic rings. The molecule has 3 nitrogen and oxygen atoms in total. The highest BCUT2D eigenvalue weighted by Crippen LogP contribution is 2.23. The summed E-state index contributed by atoms with van der Waals surface area (Å²) in [6, 6.07) is 9.35. The van der Waals surface area contributed by atoms with Crippen LogP contribution in [-0.4, -0.2) is 24.8 Å². The van der Waals surface area contributed by atoms with E-state index in [2.05, 4.69) is 6.07 Å². The Bertz CT molecular complexity index is 446. The maximum Gasteiger partial charge on any atom is 0.243 e. The second-order valence-corrected chi connectivity index (χ2v) is 6.43. The van der Waals surface area contributed by atoms with E-state index in [1.54, 1.807) is 28.6 Å². The topological polar surface area (TPSA) is 37.4 Å². The van der Waals surface area contributed by atoms with Gasteiger partial charge in [0, 0.05) is 12.1 Å². The molecule has 4 heteroatoms. The molecule has 0 amide bonds. The lowest BCUT2D eigenvalue weighted by molar-refractivity contribution is 0.262. The number of rotatable bonds is 6. The first-order valence-electron chi connectivity index (χ1n) is 6.44. The van der Waals surface area contributed by atoms with Gasteiger partial charge in [-0.05, 0) is 44.9 Å². The van der Waals surface area contributed by atoms with Gasteiger partial charge >= 0.3 is 0 Å². The molecule has 0 fully saturated rings. The van der Waals surface area contributed by atoms with Crippen molar-refractivity contribution in [2.75, 3.05) is 0 Å². The van der Waals surface area contributed by atoms with E-state index in [1.807, 2.05) is 27.7 Å². The summed E-state index contributed by atoms with van der Waals surface area (Å²) in [5, 5.41) is 0. The van der Waals surface area contributed by atoms with E-state index in [1.165, 1.54) is 0 Å². The second-order valence-electron chi connectivity index (χ2n) is 4.59. The van der Waals surface area contributed by atoms with Crippen LogP contribution in [0.1, 0.15) is 40.5 Å². The lowest BCUT2D eigenvalue weighted by atomic mass is 10.2. The number of sulfonamides is 1. The highest BCUT2D eigenvalue weighted by Gasteiger charge is 2.31. The summed E-state index contributed by atoms with van der Waals surface area (Å²) in [5.41, 5.74) is 0. The molecule has 0 saturated heterocycles. The summed E-state index contributed by atoms with van der Waals surface area (Å²) in [6.07, 6.45) is 1.62. The molecule has 1 radical (unpaired) electrons. The number of nitrogens with zero attached hydrogens (tertiary/aromatic N) is 1. The molecule has 0 aromatic heterocycles. The zero-order chi connectivity index (χ0) is 13.8. The molecule has 101 valence electrons. The van der Waals surface area contributed by atoms with Crippen LogP contribution >= 0.6 is 0 Å². The van der Waals surface area contributed by atoms with Crippen LogP contribution in [0.4, 0.5) is 0 Å². The van der Waals surface area contributed by atoms with E-state index in [-0.39, 0.29) is 12.1 Å². The standard InChI is InChI=1S/C14H22NO2S/c1-5-12(3)15(13(4)6-2)18(16,17)14-10-8-7-9-11-14/h8-13H,5-6H2,1-4H3. The lowest BCUT2D eigenvalue weighted by Gasteiger charge is -2.32. The van der Waals surface area contributed by atoms with Crippen LogP contribution in [0.15, 0.2) is 29.2 Å². The van der Waals surface area contributed by atoms with Gasteiger partial charge in [-0.1, -0.05) is 26.0 Å². The molecule has 0 bridgehead atoms. The Balaban J connectivity index is 3.20. The molecular formula is C14H22NO2S. The van der Waals surface area contributed by atoms with E-state index in [4.69, 9.17) is 0 Å². The van der Waals surface area contributed by atoms with Gasteiger partial charge in [0.15, 0.2) is 0 Å². The van der Waals surface area contributed by atoms with Gasteiger partial charge in [0.05, 0.1) is 4.90 Å². The quantitative estimate of drug-likeness (QED) is 0.795. The van der Waals surface area contributed by atoms with Crippen LogP contribution in [0.25, 0.3) is 0 Å². The highest BCUT2D eigenvalue weighted by atomic mass is 32.2. The molecule has 1 rings (SSSR count). The highest BCUT2D eigenvalue weighted by molar-refractivity contribution is 7.89. The maximum atomic E-state index is 12.6. The predicted molar refractivity (Wildman–Crippen MR) is 73.8 cm³/mol. The average molecular weight is 268 g/mol. The third kappa shape index (κ3) is 3.12. The molecule has 18 heavy (non-hydrogen) atoms. The summed E-state index contributed by atoms with van der Waals surface area (Å²) >= 11 is 0.